The lowest BCUT2D eigenvalue weighted by Crippen LogP contribution is -2.28. The van der Waals surface area contributed by atoms with Gasteiger partial charge in [-0.3, -0.25) is 15.0 Å². The van der Waals surface area contributed by atoms with Crippen molar-refractivity contribution in [1.82, 2.24) is 4.90 Å². The van der Waals surface area contributed by atoms with E-state index in [9.17, 15) is 14.9 Å². The first-order valence-corrected chi connectivity index (χ1v) is 7.75. The molecule has 1 N–H and O–H groups in total. The van der Waals surface area contributed by atoms with Crippen molar-refractivity contribution in [2.75, 3.05) is 49.5 Å². The molecule has 0 saturated carbocycles. The van der Waals surface area contributed by atoms with E-state index in [4.69, 9.17) is 4.74 Å². The highest BCUT2D eigenvalue weighted by molar-refractivity contribution is 5.90. The van der Waals surface area contributed by atoms with Crippen molar-refractivity contribution in [1.29, 1.82) is 0 Å². The van der Waals surface area contributed by atoms with E-state index in [1.165, 1.54) is 11.0 Å². The summed E-state index contributed by atoms with van der Waals surface area (Å²) in [5.41, 5.74) is 0.897. The second kappa shape index (κ2) is 7.77. The van der Waals surface area contributed by atoms with Gasteiger partial charge in [-0.05, 0) is 25.2 Å². The standard InChI is InChI=1S/C15H22N4O4/c1-3-17(4-2)8-7-16-13-6-5-12(11-14(13)19(21)22)18-9-10-23-15(18)20/h5-6,11,16H,3-4,7-10H2,1-2H3. The Balaban J connectivity index is 2.10. The molecular formula is C15H22N4O4. The second-order valence-electron chi connectivity index (χ2n) is 5.18. The van der Waals surface area contributed by atoms with Crippen LogP contribution in [0.15, 0.2) is 18.2 Å². The fourth-order valence-electron chi connectivity index (χ4n) is 2.50. The number of cyclic esters (lactones) is 1. The molecule has 8 heteroatoms. The number of carbonyl (C=O) groups is 1. The minimum Gasteiger partial charge on any atom is -0.447 e. The zero-order chi connectivity index (χ0) is 16.8. The Hall–Kier alpha value is -2.35. The Morgan fingerprint density at radius 1 is 1.39 bits per heavy atom. The number of rotatable bonds is 8. The summed E-state index contributed by atoms with van der Waals surface area (Å²) < 4.78 is 4.86. The van der Waals surface area contributed by atoms with Crippen molar-refractivity contribution >= 4 is 23.2 Å². The van der Waals surface area contributed by atoms with Crippen molar-refractivity contribution in [2.24, 2.45) is 0 Å². The van der Waals surface area contributed by atoms with E-state index in [1.807, 2.05) is 0 Å². The normalized spacial score (nSPS) is 14.2. The molecule has 0 atom stereocenters. The van der Waals surface area contributed by atoms with E-state index < -0.39 is 11.0 Å². The number of nitrogens with zero attached hydrogens (tertiary/aromatic N) is 3. The van der Waals surface area contributed by atoms with Gasteiger partial charge in [-0.25, -0.2) is 4.79 Å². The number of benzene rings is 1. The summed E-state index contributed by atoms with van der Waals surface area (Å²) in [4.78, 5) is 26.1. The molecule has 1 saturated heterocycles. The second-order valence-corrected chi connectivity index (χ2v) is 5.18. The molecule has 0 aromatic heterocycles. The van der Waals surface area contributed by atoms with Crippen LogP contribution in [0, 0.1) is 10.1 Å². The number of hydrogen-bond donors (Lipinski definition) is 1. The van der Waals surface area contributed by atoms with Crippen molar-refractivity contribution in [2.45, 2.75) is 13.8 Å². The Morgan fingerprint density at radius 3 is 2.70 bits per heavy atom. The van der Waals surface area contributed by atoms with Crippen LogP contribution in [0.3, 0.4) is 0 Å². The highest BCUT2D eigenvalue weighted by Gasteiger charge is 2.26. The number of anilines is 2. The minimum absolute atomic E-state index is 0.0400. The summed E-state index contributed by atoms with van der Waals surface area (Å²) >= 11 is 0. The van der Waals surface area contributed by atoms with Gasteiger partial charge in [0, 0.05) is 19.2 Å². The topological polar surface area (TPSA) is 88.0 Å². The lowest BCUT2D eigenvalue weighted by molar-refractivity contribution is -0.383. The molecule has 1 aromatic carbocycles. The zero-order valence-electron chi connectivity index (χ0n) is 13.4. The predicted octanol–water partition coefficient (Wildman–Crippen LogP) is 2.31. The first-order valence-electron chi connectivity index (χ1n) is 7.75. The molecule has 0 spiro atoms. The van der Waals surface area contributed by atoms with E-state index in [1.54, 1.807) is 12.1 Å². The Kier molecular flexibility index (Phi) is 5.75. The average molecular weight is 322 g/mol. The van der Waals surface area contributed by atoms with Crippen molar-refractivity contribution < 1.29 is 14.5 Å². The van der Waals surface area contributed by atoms with Gasteiger partial charge in [0.1, 0.15) is 12.3 Å². The highest BCUT2D eigenvalue weighted by Crippen LogP contribution is 2.30. The molecule has 1 fully saturated rings. The molecule has 1 aliphatic heterocycles. The molecule has 23 heavy (non-hydrogen) atoms. The molecule has 0 radical (unpaired) electrons. The Bertz CT molecular complexity index is 575. The number of amides is 1. The zero-order valence-corrected chi connectivity index (χ0v) is 13.4. The van der Waals surface area contributed by atoms with Crippen LogP contribution in [-0.4, -0.2) is 55.2 Å². The first kappa shape index (κ1) is 17.0. The smallest absolute Gasteiger partial charge is 0.414 e. The number of likely N-dealkylation sites (N-methyl/N-ethyl adjacent to an activating group) is 1. The van der Waals surface area contributed by atoms with E-state index in [0.29, 0.717) is 31.1 Å². The molecular weight excluding hydrogens is 300 g/mol. The third kappa shape index (κ3) is 4.10. The first-order chi connectivity index (χ1) is 11.1. The van der Waals surface area contributed by atoms with Crippen LogP contribution in [0.5, 0.6) is 0 Å². The fraction of sp³-hybridized carbons (Fsp3) is 0.533. The van der Waals surface area contributed by atoms with Crippen LogP contribution < -0.4 is 10.2 Å². The van der Waals surface area contributed by atoms with Gasteiger partial charge in [-0.15, -0.1) is 0 Å². The highest BCUT2D eigenvalue weighted by atomic mass is 16.6. The van der Waals surface area contributed by atoms with Crippen molar-refractivity contribution in [3.63, 3.8) is 0 Å². The van der Waals surface area contributed by atoms with Crippen molar-refractivity contribution in [3.05, 3.63) is 28.3 Å². The molecule has 0 aliphatic carbocycles. The Labute approximate surface area is 135 Å². The van der Waals surface area contributed by atoms with Gasteiger partial charge >= 0.3 is 6.09 Å². The summed E-state index contributed by atoms with van der Waals surface area (Å²) in [5.74, 6) is 0. The SMILES string of the molecule is CCN(CC)CCNc1ccc(N2CCOC2=O)cc1[N+](=O)[O-]. The third-order valence-electron chi connectivity index (χ3n) is 3.89. The van der Waals surface area contributed by atoms with Gasteiger partial charge < -0.3 is 15.0 Å². The Morgan fingerprint density at radius 2 is 2.13 bits per heavy atom. The molecule has 1 amide bonds. The maximum Gasteiger partial charge on any atom is 0.414 e. The number of carbonyl (C=O) groups excluding carboxylic acids is 1. The number of hydrogen-bond acceptors (Lipinski definition) is 6. The fourth-order valence-corrected chi connectivity index (χ4v) is 2.50. The van der Waals surface area contributed by atoms with Gasteiger partial charge in [-0.1, -0.05) is 13.8 Å². The van der Waals surface area contributed by atoms with E-state index in [2.05, 4.69) is 24.1 Å². The maximum atomic E-state index is 11.6. The van der Waals surface area contributed by atoms with Gasteiger partial charge in [0.05, 0.1) is 17.2 Å². The van der Waals surface area contributed by atoms with E-state index >= 15 is 0 Å². The van der Waals surface area contributed by atoms with Crippen LogP contribution in [0.4, 0.5) is 21.9 Å². The summed E-state index contributed by atoms with van der Waals surface area (Å²) in [6, 6.07) is 4.74. The van der Waals surface area contributed by atoms with Gasteiger partial charge in [-0.2, -0.15) is 0 Å². The van der Waals surface area contributed by atoms with Crippen LogP contribution >= 0.6 is 0 Å². The van der Waals surface area contributed by atoms with Crippen LogP contribution in [0.2, 0.25) is 0 Å². The van der Waals surface area contributed by atoms with Gasteiger partial charge in [0.2, 0.25) is 0 Å². The lowest BCUT2D eigenvalue weighted by atomic mass is 10.2. The minimum atomic E-state index is -0.471. The largest absolute Gasteiger partial charge is 0.447 e. The van der Waals surface area contributed by atoms with Gasteiger partial charge in [0.15, 0.2) is 0 Å². The molecule has 8 nitrogen and oxygen atoms in total. The molecule has 126 valence electrons. The molecule has 1 heterocycles. The number of nitro benzene ring substituents is 1. The average Bonchev–Trinajstić information content (AvgIpc) is 2.97. The molecule has 2 rings (SSSR count). The number of nitro groups is 1. The molecule has 0 bridgehead atoms. The van der Waals surface area contributed by atoms with E-state index in [-0.39, 0.29) is 5.69 Å². The predicted molar refractivity (Wildman–Crippen MR) is 88.1 cm³/mol. The third-order valence-corrected chi connectivity index (χ3v) is 3.89. The molecule has 1 aliphatic rings. The quantitative estimate of drug-likeness (QED) is 0.583. The summed E-state index contributed by atoms with van der Waals surface area (Å²) in [6.45, 7) is 8.18. The summed E-state index contributed by atoms with van der Waals surface area (Å²) in [7, 11) is 0. The van der Waals surface area contributed by atoms with E-state index in [0.717, 1.165) is 19.6 Å². The maximum absolute atomic E-state index is 11.6. The molecule has 1 aromatic rings. The van der Waals surface area contributed by atoms with Crippen LogP contribution in [0.25, 0.3) is 0 Å². The van der Waals surface area contributed by atoms with Crippen molar-refractivity contribution in [3.8, 4) is 0 Å². The van der Waals surface area contributed by atoms with Crippen LogP contribution in [0.1, 0.15) is 13.8 Å². The van der Waals surface area contributed by atoms with Gasteiger partial charge in [0.25, 0.3) is 5.69 Å². The summed E-state index contributed by atoms with van der Waals surface area (Å²) in [6.07, 6.45) is -0.471. The lowest BCUT2D eigenvalue weighted by Gasteiger charge is -2.19. The summed E-state index contributed by atoms with van der Waals surface area (Å²) in [5, 5.41) is 14.4. The molecule has 0 unspecified atom stereocenters. The van der Waals surface area contributed by atoms with Crippen LogP contribution in [-0.2, 0) is 4.74 Å². The number of nitrogens with one attached hydrogen (secondary N) is 1. The number of ether oxygens (including phenoxy) is 1. The monoisotopic (exact) mass is 322 g/mol.